The molecule has 2 rings (SSSR count). The Morgan fingerprint density at radius 1 is 1.23 bits per heavy atom. The molecule has 2 saturated heterocycles. The van der Waals surface area contributed by atoms with Crippen molar-refractivity contribution in [1.29, 1.82) is 0 Å². The van der Waals surface area contributed by atoms with E-state index < -0.39 is 0 Å². The molecule has 0 aromatic heterocycles. The molecule has 2 heterocycles. The molecule has 2 atom stereocenters. The smallest absolute Gasteiger partial charge is 0.0110 e. The molecule has 2 bridgehead atoms. The van der Waals surface area contributed by atoms with Gasteiger partial charge in [0.15, 0.2) is 0 Å². The van der Waals surface area contributed by atoms with E-state index in [1.165, 1.54) is 32.1 Å². The van der Waals surface area contributed by atoms with Gasteiger partial charge in [-0.1, -0.05) is 13.3 Å². The molecule has 2 nitrogen and oxygen atoms in total. The van der Waals surface area contributed by atoms with Crippen LogP contribution in [0, 0.1) is 0 Å². The van der Waals surface area contributed by atoms with E-state index in [4.69, 9.17) is 0 Å². The second-order valence-corrected chi connectivity index (χ2v) is 4.63. The number of nitrogens with zero attached hydrogens (tertiary/aromatic N) is 1. The zero-order valence-electron chi connectivity index (χ0n) is 8.92. The highest BCUT2D eigenvalue weighted by molar-refractivity contribution is 4.93. The first kappa shape index (κ1) is 9.47. The zero-order valence-corrected chi connectivity index (χ0v) is 8.92. The Labute approximate surface area is 81.7 Å². The van der Waals surface area contributed by atoms with Gasteiger partial charge in [0.1, 0.15) is 0 Å². The van der Waals surface area contributed by atoms with Gasteiger partial charge in [-0.05, 0) is 39.3 Å². The largest absolute Gasteiger partial charge is 0.314 e. The molecule has 0 spiro atoms. The zero-order chi connectivity index (χ0) is 9.26. The number of piperidine rings is 2. The number of nitrogens with one attached hydrogen (secondary N) is 1. The highest BCUT2D eigenvalue weighted by Crippen LogP contribution is 2.32. The highest BCUT2D eigenvalue weighted by Gasteiger charge is 2.35. The highest BCUT2D eigenvalue weighted by atomic mass is 15.2. The summed E-state index contributed by atoms with van der Waals surface area (Å²) in [5, 5.41) is 3.61. The summed E-state index contributed by atoms with van der Waals surface area (Å²) in [7, 11) is 2.32. The van der Waals surface area contributed by atoms with Gasteiger partial charge in [-0.2, -0.15) is 0 Å². The topological polar surface area (TPSA) is 15.3 Å². The molecule has 2 aliphatic heterocycles. The van der Waals surface area contributed by atoms with Crippen molar-refractivity contribution in [1.82, 2.24) is 10.2 Å². The van der Waals surface area contributed by atoms with Crippen LogP contribution in [-0.4, -0.2) is 36.6 Å². The monoisotopic (exact) mass is 182 g/mol. The van der Waals surface area contributed by atoms with Crippen LogP contribution in [0.4, 0.5) is 0 Å². The number of hydrogen-bond acceptors (Lipinski definition) is 2. The fourth-order valence-electron chi connectivity index (χ4n) is 3.07. The van der Waals surface area contributed by atoms with E-state index in [9.17, 15) is 0 Å². The van der Waals surface area contributed by atoms with Gasteiger partial charge in [-0.15, -0.1) is 0 Å². The van der Waals surface area contributed by atoms with E-state index in [0.29, 0.717) is 0 Å². The van der Waals surface area contributed by atoms with Gasteiger partial charge in [-0.25, -0.2) is 0 Å². The van der Waals surface area contributed by atoms with Crippen LogP contribution in [0.3, 0.4) is 0 Å². The summed E-state index contributed by atoms with van der Waals surface area (Å²) in [5.41, 5.74) is 0. The lowest BCUT2D eigenvalue weighted by molar-refractivity contribution is 0.0491. The Morgan fingerprint density at radius 3 is 2.38 bits per heavy atom. The van der Waals surface area contributed by atoms with E-state index in [-0.39, 0.29) is 0 Å². The molecular weight excluding hydrogens is 160 g/mol. The Kier molecular flexibility index (Phi) is 2.89. The molecule has 0 amide bonds. The minimum absolute atomic E-state index is 0.802. The van der Waals surface area contributed by atoms with E-state index in [1.54, 1.807) is 0 Å². The Bertz CT molecular complexity index is 155. The summed E-state index contributed by atoms with van der Waals surface area (Å²) < 4.78 is 0. The van der Waals surface area contributed by atoms with Gasteiger partial charge >= 0.3 is 0 Å². The molecule has 2 fully saturated rings. The quantitative estimate of drug-likeness (QED) is 0.698. The summed E-state index contributed by atoms with van der Waals surface area (Å²) >= 11 is 0. The third-order valence-corrected chi connectivity index (χ3v) is 3.83. The van der Waals surface area contributed by atoms with Crippen LogP contribution in [0.25, 0.3) is 0 Å². The molecule has 0 aromatic carbocycles. The number of fused-ring (bicyclic) bond motifs is 2. The molecule has 1 N–H and O–H groups in total. The third kappa shape index (κ3) is 1.89. The minimum atomic E-state index is 0.802. The molecule has 13 heavy (non-hydrogen) atoms. The van der Waals surface area contributed by atoms with E-state index in [2.05, 4.69) is 24.2 Å². The van der Waals surface area contributed by atoms with Crippen molar-refractivity contribution in [3.63, 3.8) is 0 Å². The Balaban J connectivity index is 1.95. The fraction of sp³-hybridized carbons (Fsp3) is 1.00. The normalized spacial score (nSPS) is 40.6. The SMILES string of the molecule is CCNC1CC2CCCC(C1)N2C. The van der Waals surface area contributed by atoms with Crippen molar-refractivity contribution in [2.45, 2.75) is 57.2 Å². The van der Waals surface area contributed by atoms with Gasteiger partial charge in [0.05, 0.1) is 0 Å². The standard InChI is InChI=1S/C11H22N2/c1-3-12-9-7-10-5-4-6-11(8-9)13(10)2/h9-12H,3-8H2,1-2H3. The second-order valence-electron chi connectivity index (χ2n) is 4.63. The average molecular weight is 182 g/mol. The summed E-state index contributed by atoms with van der Waals surface area (Å²) in [5.74, 6) is 0. The maximum atomic E-state index is 3.61. The van der Waals surface area contributed by atoms with Gasteiger partial charge in [0, 0.05) is 18.1 Å². The summed E-state index contributed by atoms with van der Waals surface area (Å²) in [6.07, 6.45) is 7.06. The predicted molar refractivity (Wildman–Crippen MR) is 55.9 cm³/mol. The maximum absolute atomic E-state index is 3.61. The van der Waals surface area contributed by atoms with Crippen molar-refractivity contribution >= 4 is 0 Å². The van der Waals surface area contributed by atoms with Crippen molar-refractivity contribution in [2.24, 2.45) is 0 Å². The van der Waals surface area contributed by atoms with E-state index in [1.807, 2.05) is 0 Å². The first-order valence-electron chi connectivity index (χ1n) is 5.76. The average Bonchev–Trinajstić information content (AvgIpc) is 2.07. The molecule has 0 radical (unpaired) electrons. The molecule has 2 heteroatoms. The molecule has 0 aromatic rings. The Morgan fingerprint density at radius 2 is 1.85 bits per heavy atom. The van der Waals surface area contributed by atoms with E-state index in [0.717, 1.165) is 24.7 Å². The Hall–Kier alpha value is -0.0800. The van der Waals surface area contributed by atoms with Crippen LogP contribution >= 0.6 is 0 Å². The summed E-state index contributed by atoms with van der Waals surface area (Å²) in [4.78, 5) is 2.62. The lowest BCUT2D eigenvalue weighted by Crippen LogP contribution is -2.54. The van der Waals surface area contributed by atoms with Crippen LogP contribution in [0.5, 0.6) is 0 Å². The molecule has 0 aliphatic carbocycles. The van der Waals surface area contributed by atoms with Crippen LogP contribution in [0.1, 0.15) is 39.0 Å². The fourth-order valence-corrected chi connectivity index (χ4v) is 3.07. The first-order chi connectivity index (χ1) is 6.31. The number of rotatable bonds is 2. The molecule has 0 saturated carbocycles. The van der Waals surface area contributed by atoms with Crippen molar-refractivity contribution < 1.29 is 0 Å². The summed E-state index contributed by atoms with van der Waals surface area (Å²) in [6, 6.07) is 2.55. The lowest BCUT2D eigenvalue weighted by atomic mass is 9.82. The van der Waals surface area contributed by atoms with Gasteiger partial charge in [0.25, 0.3) is 0 Å². The van der Waals surface area contributed by atoms with Crippen LogP contribution < -0.4 is 5.32 Å². The van der Waals surface area contributed by atoms with Crippen LogP contribution in [0.2, 0.25) is 0 Å². The molecular formula is C11H22N2. The molecule has 76 valence electrons. The van der Waals surface area contributed by atoms with Gasteiger partial charge in [-0.3, -0.25) is 0 Å². The molecule has 2 unspecified atom stereocenters. The first-order valence-corrected chi connectivity index (χ1v) is 5.76. The van der Waals surface area contributed by atoms with Crippen molar-refractivity contribution in [2.75, 3.05) is 13.6 Å². The maximum Gasteiger partial charge on any atom is 0.0110 e. The van der Waals surface area contributed by atoms with Crippen LogP contribution in [0.15, 0.2) is 0 Å². The van der Waals surface area contributed by atoms with Crippen LogP contribution in [-0.2, 0) is 0 Å². The second kappa shape index (κ2) is 3.97. The minimum Gasteiger partial charge on any atom is -0.314 e. The molecule has 2 aliphatic rings. The van der Waals surface area contributed by atoms with E-state index >= 15 is 0 Å². The van der Waals surface area contributed by atoms with Gasteiger partial charge < -0.3 is 10.2 Å². The van der Waals surface area contributed by atoms with Crippen molar-refractivity contribution in [3.8, 4) is 0 Å². The number of hydrogen-bond donors (Lipinski definition) is 1. The summed E-state index contributed by atoms with van der Waals surface area (Å²) in [6.45, 7) is 3.35. The predicted octanol–water partition coefficient (Wildman–Crippen LogP) is 1.61. The van der Waals surface area contributed by atoms with Crippen molar-refractivity contribution in [3.05, 3.63) is 0 Å². The third-order valence-electron chi connectivity index (χ3n) is 3.83. The lowest BCUT2D eigenvalue weighted by Gasteiger charge is -2.47. The van der Waals surface area contributed by atoms with Gasteiger partial charge in [0.2, 0.25) is 0 Å².